The van der Waals surface area contributed by atoms with Crippen LogP contribution in [0.3, 0.4) is 0 Å². The lowest BCUT2D eigenvalue weighted by Gasteiger charge is -2.31. The molecule has 0 unspecified atom stereocenters. The Labute approximate surface area is 201 Å². The molecule has 0 radical (unpaired) electrons. The van der Waals surface area contributed by atoms with Crippen LogP contribution in [-0.2, 0) is 9.59 Å². The van der Waals surface area contributed by atoms with E-state index >= 15 is 0 Å². The Balaban J connectivity index is 1.50. The zero-order valence-corrected chi connectivity index (χ0v) is 19.2. The third-order valence-electron chi connectivity index (χ3n) is 6.48. The van der Waals surface area contributed by atoms with Gasteiger partial charge in [-0.25, -0.2) is 4.98 Å². The molecule has 35 heavy (non-hydrogen) atoms. The van der Waals surface area contributed by atoms with Gasteiger partial charge >= 0.3 is 0 Å². The van der Waals surface area contributed by atoms with Gasteiger partial charge in [-0.2, -0.15) is 9.61 Å². The van der Waals surface area contributed by atoms with Gasteiger partial charge < -0.3 is 10.6 Å². The van der Waals surface area contributed by atoms with Crippen LogP contribution in [0.2, 0.25) is 0 Å². The first-order valence-electron chi connectivity index (χ1n) is 11.4. The molecule has 0 saturated carbocycles. The number of carbonyl (C=O) groups excluding carboxylic acids is 3. The van der Waals surface area contributed by atoms with E-state index in [-0.39, 0.29) is 11.7 Å². The zero-order chi connectivity index (χ0) is 24.5. The molecule has 1 amide bonds. The molecule has 1 saturated heterocycles. The number of benzene rings is 1. The number of amides is 1. The van der Waals surface area contributed by atoms with Crippen LogP contribution in [0.15, 0.2) is 54.9 Å². The molecule has 1 aromatic carbocycles. The van der Waals surface area contributed by atoms with Crippen molar-refractivity contribution in [3.8, 4) is 22.4 Å². The van der Waals surface area contributed by atoms with Gasteiger partial charge in [-0.1, -0.05) is 36.4 Å². The molecule has 9 nitrogen and oxygen atoms in total. The molecule has 4 aromatic rings. The largest absolute Gasteiger partial charge is 0.383 e. The van der Waals surface area contributed by atoms with Crippen molar-refractivity contribution in [1.29, 1.82) is 0 Å². The van der Waals surface area contributed by atoms with E-state index in [1.54, 1.807) is 17.3 Å². The Morgan fingerprint density at radius 3 is 2.40 bits per heavy atom. The Morgan fingerprint density at radius 2 is 1.77 bits per heavy atom. The Kier molecular flexibility index (Phi) is 5.82. The highest BCUT2D eigenvalue weighted by Crippen LogP contribution is 2.34. The number of ketones is 1. The number of rotatable bonds is 5. The van der Waals surface area contributed by atoms with Gasteiger partial charge in [0.15, 0.2) is 11.9 Å². The second kappa shape index (κ2) is 9.09. The fourth-order valence-electron chi connectivity index (χ4n) is 4.59. The van der Waals surface area contributed by atoms with Gasteiger partial charge in [-0.05, 0) is 18.9 Å². The third kappa shape index (κ3) is 4.05. The van der Waals surface area contributed by atoms with Gasteiger partial charge in [0.2, 0.25) is 5.78 Å². The highest BCUT2D eigenvalue weighted by Gasteiger charge is 2.29. The lowest BCUT2D eigenvalue weighted by molar-refractivity contribution is -0.144. The van der Waals surface area contributed by atoms with Gasteiger partial charge in [-0.3, -0.25) is 19.4 Å². The van der Waals surface area contributed by atoms with E-state index in [0.717, 1.165) is 22.4 Å². The fraction of sp³-hybridized carbons (Fsp3) is 0.231. The Hall–Kier alpha value is -4.40. The van der Waals surface area contributed by atoms with Gasteiger partial charge in [0.25, 0.3) is 5.91 Å². The quantitative estimate of drug-likeness (QED) is 0.352. The van der Waals surface area contributed by atoms with Crippen LogP contribution in [0.5, 0.6) is 0 Å². The summed E-state index contributed by atoms with van der Waals surface area (Å²) in [6, 6.07) is 13.8. The number of nitrogen functional groups attached to an aromatic ring is 1. The van der Waals surface area contributed by atoms with Crippen LogP contribution in [0.4, 0.5) is 5.82 Å². The average molecular weight is 469 g/mol. The monoisotopic (exact) mass is 468 g/mol. The van der Waals surface area contributed by atoms with E-state index in [4.69, 9.17) is 10.7 Å². The SMILES string of the molecule is CC(=O)C(=O)N1CCC(c2nc3c(-c4ccc(-c5ccccc5)nc4)cnn3c(N)c2C=O)CC1. The van der Waals surface area contributed by atoms with Crippen LogP contribution in [-0.4, -0.2) is 55.5 Å². The summed E-state index contributed by atoms with van der Waals surface area (Å²) in [5.74, 6) is -0.801. The molecule has 0 aliphatic carbocycles. The molecule has 3 aromatic heterocycles. The summed E-state index contributed by atoms with van der Waals surface area (Å²) in [7, 11) is 0. The fourth-order valence-corrected chi connectivity index (χ4v) is 4.59. The molecule has 1 aliphatic rings. The van der Waals surface area contributed by atoms with Crippen LogP contribution < -0.4 is 5.73 Å². The van der Waals surface area contributed by atoms with Crippen molar-refractivity contribution in [2.75, 3.05) is 18.8 Å². The maximum absolute atomic E-state index is 12.0. The van der Waals surface area contributed by atoms with Crippen molar-refractivity contribution >= 4 is 29.4 Å². The van der Waals surface area contributed by atoms with E-state index in [1.165, 1.54) is 11.4 Å². The van der Waals surface area contributed by atoms with Crippen molar-refractivity contribution in [3.05, 3.63) is 66.1 Å². The first-order valence-corrected chi connectivity index (χ1v) is 11.4. The smallest absolute Gasteiger partial charge is 0.289 e. The number of fused-ring (bicyclic) bond motifs is 1. The van der Waals surface area contributed by atoms with Crippen molar-refractivity contribution < 1.29 is 14.4 Å². The Bertz CT molecular complexity index is 1420. The standard InChI is InChI=1S/C26H24N6O3/c1-16(34)26(35)31-11-9-18(10-12-31)23-21(15-33)24(27)32-25(30-23)20(14-29-32)19-7-8-22(28-13-19)17-5-3-2-4-6-17/h2-8,13-15,18H,9-12,27H2,1H3. The second-order valence-electron chi connectivity index (χ2n) is 8.63. The predicted molar refractivity (Wildman–Crippen MR) is 131 cm³/mol. The third-order valence-corrected chi connectivity index (χ3v) is 6.48. The minimum absolute atomic E-state index is 0.0696. The van der Waals surface area contributed by atoms with E-state index in [1.807, 2.05) is 42.5 Å². The minimum atomic E-state index is -0.480. The van der Waals surface area contributed by atoms with Crippen LogP contribution in [0.1, 0.15) is 41.7 Å². The molecule has 5 rings (SSSR count). The molecule has 0 bridgehead atoms. The highest BCUT2D eigenvalue weighted by molar-refractivity contribution is 6.35. The summed E-state index contributed by atoms with van der Waals surface area (Å²) >= 11 is 0. The van der Waals surface area contributed by atoms with Gasteiger partial charge in [-0.15, -0.1) is 0 Å². The average Bonchev–Trinajstić information content (AvgIpc) is 3.33. The van der Waals surface area contributed by atoms with Crippen LogP contribution in [0, 0.1) is 0 Å². The molecular formula is C26H24N6O3. The summed E-state index contributed by atoms with van der Waals surface area (Å²) in [5, 5.41) is 4.38. The topological polar surface area (TPSA) is 124 Å². The number of Topliss-reactive ketones (excluding diaryl/α,β-unsaturated/α-hetero) is 1. The molecule has 176 valence electrons. The lowest BCUT2D eigenvalue weighted by atomic mass is 9.90. The van der Waals surface area contributed by atoms with Gasteiger partial charge in [0.05, 0.1) is 23.1 Å². The van der Waals surface area contributed by atoms with Crippen molar-refractivity contribution in [1.82, 2.24) is 24.5 Å². The molecule has 1 aliphatic heterocycles. The van der Waals surface area contributed by atoms with Gasteiger partial charge in [0.1, 0.15) is 5.82 Å². The zero-order valence-electron chi connectivity index (χ0n) is 19.2. The second-order valence-corrected chi connectivity index (χ2v) is 8.63. The number of hydrogen-bond donors (Lipinski definition) is 1. The van der Waals surface area contributed by atoms with E-state index in [0.29, 0.717) is 49.1 Å². The number of likely N-dealkylation sites (tertiary alicyclic amines) is 1. The lowest BCUT2D eigenvalue weighted by Crippen LogP contribution is -2.41. The molecule has 0 atom stereocenters. The van der Waals surface area contributed by atoms with Crippen LogP contribution in [0.25, 0.3) is 28.0 Å². The molecule has 1 fully saturated rings. The van der Waals surface area contributed by atoms with Crippen molar-refractivity contribution in [3.63, 3.8) is 0 Å². The maximum atomic E-state index is 12.0. The van der Waals surface area contributed by atoms with E-state index in [2.05, 4.69) is 10.1 Å². The highest BCUT2D eigenvalue weighted by atomic mass is 16.2. The van der Waals surface area contributed by atoms with E-state index < -0.39 is 11.7 Å². The predicted octanol–water partition coefficient (Wildman–Crippen LogP) is 3.15. The number of hydrogen-bond acceptors (Lipinski definition) is 7. The van der Waals surface area contributed by atoms with E-state index in [9.17, 15) is 14.4 Å². The number of carbonyl (C=O) groups is 3. The number of aromatic nitrogens is 4. The first kappa shape index (κ1) is 22.4. The molecule has 4 heterocycles. The summed E-state index contributed by atoms with van der Waals surface area (Å²) in [6.45, 7) is 2.12. The molecule has 0 spiro atoms. The summed E-state index contributed by atoms with van der Waals surface area (Å²) in [5.41, 5.74) is 11.3. The Morgan fingerprint density at radius 1 is 1.03 bits per heavy atom. The number of nitrogens with zero attached hydrogens (tertiary/aromatic N) is 5. The number of anilines is 1. The number of aldehydes is 1. The number of pyridine rings is 1. The summed E-state index contributed by atoms with van der Waals surface area (Å²) in [6.07, 6.45) is 5.32. The maximum Gasteiger partial charge on any atom is 0.289 e. The van der Waals surface area contributed by atoms with Crippen molar-refractivity contribution in [2.45, 2.75) is 25.7 Å². The molecule has 2 N–H and O–H groups in total. The number of nitrogens with two attached hydrogens (primary N) is 1. The minimum Gasteiger partial charge on any atom is -0.383 e. The summed E-state index contributed by atoms with van der Waals surface area (Å²) in [4.78, 5) is 46.4. The molecule has 9 heteroatoms. The van der Waals surface area contributed by atoms with Crippen molar-refractivity contribution in [2.24, 2.45) is 0 Å². The van der Waals surface area contributed by atoms with Crippen LogP contribution >= 0.6 is 0 Å². The van der Waals surface area contributed by atoms with Gasteiger partial charge in [0, 0.05) is 48.8 Å². The number of piperidine rings is 1. The summed E-state index contributed by atoms with van der Waals surface area (Å²) < 4.78 is 1.47. The molecular weight excluding hydrogens is 444 g/mol. The first-order chi connectivity index (χ1) is 17.0. The normalized spacial score (nSPS) is 14.3.